The van der Waals surface area contributed by atoms with E-state index in [1.165, 1.54) is 16.6 Å². The van der Waals surface area contributed by atoms with Crippen molar-refractivity contribution in [3.05, 3.63) is 50.9 Å². The summed E-state index contributed by atoms with van der Waals surface area (Å²) in [4.78, 5) is 26.9. The standard InChI is InChI=1S/C20H26ClN5O4S/c1-14-5-6-16(23-19(27)13-26-20(28)15(2)17(21)12-22-26)11-18(14)31(29,30)25-8-4-7-24(3)9-10-25/h5-6,11-12H,4,7-10,13H2,1-3H3,(H,23,27). The van der Waals surface area contributed by atoms with Gasteiger partial charge in [-0.1, -0.05) is 17.7 Å². The molecule has 1 aliphatic rings. The molecule has 1 fully saturated rings. The smallest absolute Gasteiger partial charge is 0.271 e. The normalized spacial score (nSPS) is 16.1. The summed E-state index contributed by atoms with van der Waals surface area (Å²) in [5.74, 6) is -0.500. The van der Waals surface area contributed by atoms with Crippen LogP contribution < -0.4 is 10.9 Å². The summed E-state index contributed by atoms with van der Waals surface area (Å²) in [7, 11) is -1.73. The second-order valence-corrected chi connectivity index (χ2v) is 9.98. The van der Waals surface area contributed by atoms with Crippen LogP contribution in [0.4, 0.5) is 5.69 Å². The third kappa shape index (κ3) is 5.32. The number of anilines is 1. The highest BCUT2D eigenvalue weighted by Gasteiger charge is 2.28. The van der Waals surface area contributed by atoms with E-state index in [1.54, 1.807) is 26.0 Å². The molecule has 0 bridgehead atoms. The van der Waals surface area contributed by atoms with Gasteiger partial charge in [0.2, 0.25) is 15.9 Å². The summed E-state index contributed by atoms with van der Waals surface area (Å²) in [6.07, 6.45) is 2.06. The van der Waals surface area contributed by atoms with Gasteiger partial charge in [0.25, 0.3) is 5.56 Å². The van der Waals surface area contributed by atoms with E-state index in [4.69, 9.17) is 11.6 Å². The third-order valence-electron chi connectivity index (χ3n) is 5.29. The van der Waals surface area contributed by atoms with Gasteiger partial charge in [0, 0.05) is 30.9 Å². The maximum atomic E-state index is 13.2. The number of nitrogens with one attached hydrogen (secondary N) is 1. The zero-order chi connectivity index (χ0) is 22.8. The Balaban J connectivity index is 1.80. The predicted molar refractivity (Wildman–Crippen MR) is 119 cm³/mol. The SMILES string of the molecule is Cc1ccc(NC(=O)Cn2ncc(Cl)c(C)c2=O)cc1S(=O)(=O)N1CCCN(C)CC1. The van der Waals surface area contributed by atoms with Crippen molar-refractivity contribution in [1.29, 1.82) is 0 Å². The molecule has 0 aliphatic carbocycles. The Morgan fingerprint density at radius 3 is 2.68 bits per heavy atom. The summed E-state index contributed by atoms with van der Waals surface area (Å²) >= 11 is 5.87. The summed E-state index contributed by atoms with van der Waals surface area (Å²) in [6.45, 7) is 5.34. The highest BCUT2D eigenvalue weighted by Crippen LogP contribution is 2.24. The summed E-state index contributed by atoms with van der Waals surface area (Å²) in [5.41, 5.74) is 0.777. The minimum atomic E-state index is -3.70. The number of benzene rings is 1. The Morgan fingerprint density at radius 1 is 1.19 bits per heavy atom. The van der Waals surface area contributed by atoms with E-state index in [0.717, 1.165) is 17.6 Å². The minimum absolute atomic E-state index is 0.160. The fourth-order valence-corrected chi connectivity index (χ4v) is 5.22. The number of hydrogen-bond acceptors (Lipinski definition) is 6. The van der Waals surface area contributed by atoms with Gasteiger partial charge in [-0.15, -0.1) is 0 Å². The van der Waals surface area contributed by atoms with Crippen LogP contribution in [0.5, 0.6) is 0 Å². The van der Waals surface area contributed by atoms with Crippen LogP contribution in [0.15, 0.2) is 34.1 Å². The second-order valence-electron chi connectivity index (χ2n) is 7.67. The number of sulfonamides is 1. The van der Waals surface area contributed by atoms with Gasteiger partial charge in [-0.3, -0.25) is 9.59 Å². The Hall–Kier alpha value is -2.27. The number of carbonyl (C=O) groups is 1. The number of aromatic nitrogens is 2. The van der Waals surface area contributed by atoms with Gasteiger partial charge in [0.1, 0.15) is 6.54 Å². The first kappa shape index (κ1) is 23.4. The van der Waals surface area contributed by atoms with Crippen molar-refractivity contribution in [2.75, 3.05) is 38.5 Å². The first-order chi connectivity index (χ1) is 14.6. The number of carbonyl (C=O) groups excluding carboxylic acids is 1. The van der Waals surface area contributed by atoms with Gasteiger partial charge in [0.05, 0.1) is 16.1 Å². The van der Waals surface area contributed by atoms with E-state index >= 15 is 0 Å². The molecular weight excluding hydrogens is 442 g/mol. The molecule has 0 spiro atoms. The minimum Gasteiger partial charge on any atom is -0.324 e. The largest absolute Gasteiger partial charge is 0.324 e. The van der Waals surface area contributed by atoms with Gasteiger partial charge in [0.15, 0.2) is 0 Å². The molecule has 0 saturated carbocycles. The second kappa shape index (κ2) is 9.47. The lowest BCUT2D eigenvalue weighted by atomic mass is 10.2. The number of nitrogens with zero attached hydrogens (tertiary/aromatic N) is 4. The molecule has 2 heterocycles. The number of likely N-dealkylation sites (N-methyl/N-ethyl adjacent to an activating group) is 1. The first-order valence-electron chi connectivity index (χ1n) is 9.91. The lowest BCUT2D eigenvalue weighted by molar-refractivity contribution is -0.117. The van der Waals surface area contributed by atoms with E-state index in [9.17, 15) is 18.0 Å². The van der Waals surface area contributed by atoms with Crippen molar-refractivity contribution in [2.45, 2.75) is 31.7 Å². The van der Waals surface area contributed by atoms with Crippen LogP contribution in [0.3, 0.4) is 0 Å². The molecule has 1 N–H and O–H groups in total. The molecular formula is C20H26ClN5O4S. The van der Waals surface area contributed by atoms with E-state index in [2.05, 4.69) is 15.3 Å². The van der Waals surface area contributed by atoms with Gasteiger partial charge in [-0.25, -0.2) is 13.1 Å². The van der Waals surface area contributed by atoms with Crippen LogP contribution in [0.2, 0.25) is 5.02 Å². The van der Waals surface area contributed by atoms with Crippen LogP contribution in [0, 0.1) is 13.8 Å². The molecule has 1 saturated heterocycles. The maximum absolute atomic E-state index is 13.2. The Kier molecular flexibility index (Phi) is 7.15. The number of amides is 1. The summed E-state index contributed by atoms with van der Waals surface area (Å²) < 4.78 is 29.0. The molecule has 9 nitrogen and oxygen atoms in total. The van der Waals surface area contributed by atoms with Gasteiger partial charge in [-0.05, 0) is 51.6 Å². The third-order valence-corrected chi connectivity index (χ3v) is 7.71. The molecule has 11 heteroatoms. The molecule has 0 unspecified atom stereocenters. The van der Waals surface area contributed by atoms with Crippen molar-refractivity contribution < 1.29 is 13.2 Å². The number of halogens is 1. The topological polar surface area (TPSA) is 105 Å². The summed E-state index contributed by atoms with van der Waals surface area (Å²) in [6, 6.07) is 4.75. The molecule has 31 heavy (non-hydrogen) atoms. The lowest BCUT2D eigenvalue weighted by Crippen LogP contribution is -2.35. The molecule has 2 aromatic rings. The van der Waals surface area contributed by atoms with E-state index in [-0.39, 0.29) is 16.5 Å². The molecule has 1 aromatic carbocycles. The van der Waals surface area contributed by atoms with Crippen LogP contribution in [-0.2, 0) is 21.4 Å². The number of rotatable bonds is 5. The highest BCUT2D eigenvalue weighted by atomic mass is 35.5. The Morgan fingerprint density at radius 2 is 1.94 bits per heavy atom. The Labute approximate surface area is 186 Å². The summed E-state index contributed by atoms with van der Waals surface area (Å²) in [5, 5.41) is 6.75. The Bertz CT molecular complexity index is 1150. The number of aryl methyl sites for hydroxylation is 1. The molecule has 3 rings (SSSR count). The quantitative estimate of drug-likeness (QED) is 0.714. The molecule has 168 valence electrons. The average Bonchev–Trinajstić information content (AvgIpc) is 2.95. The van der Waals surface area contributed by atoms with E-state index in [0.29, 0.717) is 36.4 Å². The fraction of sp³-hybridized carbons (Fsp3) is 0.450. The predicted octanol–water partition coefficient (Wildman–Crippen LogP) is 1.48. The molecule has 1 aromatic heterocycles. The van der Waals surface area contributed by atoms with Crippen molar-refractivity contribution >= 4 is 33.2 Å². The van der Waals surface area contributed by atoms with Crippen LogP contribution in [0.25, 0.3) is 0 Å². The number of hydrogen-bond donors (Lipinski definition) is 1. The van der Waals surface area contributed by atoms with Crippen LogP contribution >= 0.6 is 11.6 Å². The van der Waals surface area contributed by atoms with Crippen LogP contribution in [0.1, 0.15) is 17.5 Å². The fourth-order valence-electron chi connectivity index (χ4n) is 3.37. The van der Waals surface area contributed by atoms with Crippen molar-refractivity contribution in [1.82, 2.24) is 19.0 Å². The lowest BCUT2D eigenvalue weighted by Gasteiger charge is -2.22. The first-order valence-corrected chi connectivity index (χ1v) is 11.7. The van der Waals surface area contributed by atoms with Crippen molar-refractivity contribution in [2.24, 2.45) is 0 Å². The molecule has 0 radical (unpaired) electrons. The molecule has 1 amide bonds. The van der Waals surface area contributed by atoms with E-state index in [1.807, 2.05) is 7.05 Å². The highest BCUT2D eigenvalue weighted by molar-refractivity contribution is 7.89. The van der Waals surface area contributed by atoms with Crippen LogP contribution in [-0.4, -0.2) is 66.5 Å². The molecule has 1 aliphatic heterocycles. The zero-order valence-corrected chi connectivity index (χ0v) is 19.3. The monoisotopic (exact) mass is 467 g/mol. The average molecular weight is 468 g/mol. The maximum Gasteiger partial charge on any atom is 0.271 e. The molecule has 0 atom stereocenters. The van der Waals surface area contributed by atoms with Crippen molar-refractivity contribution in [3.8, 4) is 0 Å². The zero-order valence-electron chi connectivity index (χ0n) is 17.8. The van der Waals surface area contributed by atoms with Crippen molar-refractivity contribution in [3.63, 3.8) is 0 Å². The van der Waals surface area contributed by atoms with Gasteiger partial charge in [-0.2, -0.15) is 9.40 Å². The van der Waals surface area contributed by atoms with E-state index < -0.39 is 21.5 Å². The van der Waals surface area contributed by atoms with Gasteiger partial charge >= 0.3 is 0 Å². The van der Waals surface area contributed by atoms with Gasteiger partial charge < -0.3 is 10.2 Å².